The molecule has 0 saturated heterocycles. The van der Waals surface area contributed by atoms with E-state index in [1.54, 1.807) is 6.20 Å². The smallest absolute Gasteiger partial charge is 0.154 e. The van der Waals surface area contributed by atoms with Crippen LogP contribution in [0.5, 0.6) is 0 Å². The number of aromatic nitrogens is 1. The van der Waals surface area contributed by atoms with Gasteiger partial charge in [-0.3, -0.25) is 0 Å². The van der Waals surface area contributed by atoms with Gasteiger partial charge in [-0.05, 0) is 34.0 Å². The fourth-order valence-electron chi connectivity index (χ4n) is 0.835. The summed E-state index contributed by atoms with van der Waals surface area (Å²) in [5.41, 5.74) is 1.58. The Labute approximate surface area is 74.0 Å². The molecule has 0 radical (unpaired) electrons. The van der Waals surface area contributed by atoms with E-state index in [0.29, 0.717) is 5.69 Å². The lowest BCUT2D eigenvalue weighted by Crippen LogP contribution is -1.89. The number of aryl methyl sites for hydroxylation is 1. The van der Waals surface area contributed by atoms with Gasteiger partial charge in [0.1, 0.15) is 6.07 Å². The third kappa shape index (κ3) is 1.58. The Morgan fingerprint density at radius 1 is 1.73 bits per heavy atom. The zero-order valence-electron chi connectivity index (χ0n) is 6.13. The van der Waals surface area contributed by atoms with Crippen LogP contribution in [-0.2, 0) is 6.42 Å². The molecule has 1 heterocycles. The highest BCUT2D eigenvalue weighted by Crippen LogP contribution is 2.19. The maximum atomic E-state index is 8.60. The van der Waals surface area contributed by atoms with Crippen molar-refractivity contribution in [1.82, 2.24) is 4.98 Å². The molecule has 0 fully saturated rings. The molecule has 0 unspecified atom stereocenters. The quantitative estimate of drug-likeness (QED) is 0.714. The van der Waals surface area contributed by atoms with Crippen LogP contribution in [0, 0.1) is 11.3 Å². The summed E-state index contributed by atoms with van der Waals surface area (Å²) in [6.07, 6.45) is 2.57. The first-order valence-electron chi connectivity index (χ1n) is 3.33. The van der Waals surface area contributed by atoms with Crippen LogP contribution in [0.15, 0.2) is 16.7 Å². The molecule has 3 heteroatoms. The third-order valence-corrected chi connectivity index (χ3v) is 2.34. The minimum atomic E-state index is 0.462. The van der Waals surface area contributed by atoms with Crippen molar-refractivity contribution in [2.45, 2.75) is 13.3 Å². The van der Waals surface area contributed by atoms with Gasteiger partial charge in [-0.15, -0.1) is 0 Å². The van der Waals surface area contributed by atoms with Crippen LogP contribution in [0.3, 0.4) is 0 Å². The summed E-state index contributed by atoms with van der Waals surface area (Å²) in [5.74, 6) is 0. The maximum absolute atomic E-state index is 8.60. The second-order valence-electron chi connectivity index (χ2n) is 2.10. The van der Waals surface area contributed by atoms with Gasteiger partial charge in [-0.1, -0.05) is 6.92 Å². The number of hydrogen-bond donors (Lipinski definition) is 0. The average molecular weight is 211 g/mol. The summed E-state index contributed by atoms with van der Waals surface area (Å²) in [6.45, 7) is 2.04. The van der Waals surface area contributed by atoms with Crippen molar-refractivity contribution in [3.05, 3.63) is 28.0 Å². The molecule has 2 nitrogen and oxygen atoms in total. The van der Waals surface area contributed by atoms with E-state index in [1.165, 1.54) is 0 Å². The lowest BCUT2D eigenvalue weighted by atomic mass is 10.2. The minimum absolute atomic E-state index is 0.462. The number of halogens is 1. The van der Waals surface area contributed by atoms with E-state index in [-0.39, 0.29) is 0 Å². The first-order valence-corrected chi connectivity index (χ1v) is 4.12. The van der Waals surface area contributed by atoms with Crippen molar-refractivity contribution in [1.29, 1.82) is 5.26 Å². The summed E-state index contributed by atoms with van der Waals surface area (Å²) >= 11 is 3.32. The second kappa shape index (κ2) is 3.49. The van der Waals surface area contributed by atoms with Crippen molar-refractivity contribution in [3.63, 3.8) is 0 Å². The van der Waals surface area contributed by atoms with Crippen molar-refractivity contribution >= 4 is 15.9 Å². The average Bonchev–Trinajstić information content (AvgIpc) is 2.05. The Kier molecular flexibility index (Phi) is 2.61. The molecule has 0 aromatic carbocycles. The fourth-order valence-corrected chi connectivity index (χ4v) is 1.44. The highest BCUT2D eigenvalue weighted by molar-refractivity contribution is 9.10. The van der Waals surface area contributed by atoms with Crippen LogP contribution >= 0.6 is 15.9 Å². The molecule has 0 spiro atoms. The van der Waals surface area contributed by atoms with Crippen LogP contribution < -0.4 is 0 Å². The van der Waals surface area contributed by atoms with Crippen LogP contribution in [0.25, 0.3) is 0 Å². The van der Waals surface area contributed by atoms with Gasteiger partial charge >= 0.3 is 0 Å². The van der Waals surface area contributed by atoms with E-state index in [9.17, 15) is 0 Å². The van der Waals surface area contributed by atoms with Gasteiger partial charge in [0, 0.05) is 6.20 Å². The molecule has 0 saturated carbocycles. The summed E-state index contributed by atoms with van der Waals surface area (Å²) in [6, 6.07) is 3.92. The molecule has 0 N–H and O–H groups in total. The predicted octanol–water partition coefficient (Wildman–Crippen LogP) is 2.28. The zero-order valence-corrected chi connectivity index (χ0v) is 7.72. The van der Waals surface area contributed by atoms with Crippen LogP contribution in [0.4, 0.5) is 0 Å². The van der Waals surface area contributed by atoms with Gasteiger partial charge in [0.2, 0.25) is 0 Å². The molecule has 0 bridgehead atoms. The first kappa shape index (κ1) is 8.22. The lowest BCUT2D eigenvalue weighted by Gasteiger charge is -1.99. The van der Waals surface area contributed by atoms with Gasteiger partial charge < -0.3 is 0 Å². The Morgan fingerprint density at radius 3 is 3.00 bits per heavy atom. The van der Waals surface area contributed by atoms with Gasteiger partial charge in [0.15, 0.2) is 5.69 Å². The monoisotopic (exact) mass is 210 g/mol. The van der Waals surface area contributed by atoms with E-state index in [4.69, 9.17) is 5.26 Å². The normalized spacial score (nSPS) is 9.18. The van der Waals surface area contributed by atoms with Gasteiger partial charge in [-0.25, -0.2) is 4.98 Å². The molecule has 0 amide bonds. The summed E-state index contributed by atoms with van der Waals surface area (Å²) in [5, 5.41) is 8.60. The molecule has 11 heavy (non-hydrogen) atoms. The number of pyridine rings is 1. The minimum Gasteiger partial charge on any atom is -0.244 e. The first-order chi connectivity index (χ1) is 5.29. The standard InChI is InChI=1S/C8H7BrN2/c1-2-6-3-4-11-7(5-10)8(6)9/h3-4H,2H2,1H3. The van der Waals surface area contributed by atoms with Crippen molar-refractivity contribution in [2.75, 3.05) is 0 Å². The molecule has 1 rings (SSSR count). The summed E-state index contributed by atoms with van der Waals surface area (Å²) in [4.78, 5) is 3.90. The molecule has 0 aliphatic carbocycles. The van der Waals surface area contributed by atoms with E-state index >= 15 is 0 Å². The van der Waals surface area contributed by atoms with Gasteiger partial charge in [0.05, 0.1) is 4.47 Å². The van der Waals surface area contributed by atoms with E-state index in [2.05, 4.69) is 20.9 Å². The maximum Gasteiger partial charge on any atom is 0.154 e. The number of nitriles is 1. The SMILES string of the molecule is CCc1ccnc(C#N)c1Br. The lowest BCUT2D eigenvalue weighted by molar-refractivity contribution is 1.09. The molecule has 56 valence electrons. The highest BCUT2D eigenvalue weighted by Gasteiger charge is 2.03. The Hall–Kier alpha value is -0.880. The van der Waals surface area contributed by atoms with Gasteiger partial charge in [0.25, 0.3) is 0 Å². The fraction of sp³-hybridized carbons (Fsp3) is 0.250. The Bertz CT molecular complexity index is 301. The van der Waals surface area contributed by atoms with E-state index in [0.717, 1.165) is 16.5 Å². The molecule has 0 atom stereocenters. The molecule has 0 aliphatic rings. The topological polar surface area (TPSA) is 36.7 Å². The Morgan fingerprint density at radius 2 is 2.45 bits per heavy atom. The summed E-state index contributed by atoms with van der Waals surface area (Å²) in [7, 11) is 0. The highest BCUT2D eigenvalue weighted by atomic mass is 79.9. The van der Waals surface area contributed by atoms with E-state index in [1.807, 2.05) is 19.1 Å². The van der Waals surface area contributed by atoms with Gasteiger partial charge in [-0.2, -0.15) is 5.26 Å². The molecular weight excluding hydrogens is 204 g/mol. The molecular formula is C8H7BrN2. The second-order valence-corrected chi connectivity index (χ2v) is 2.89. The third-order valence-electron chi connectivity index (χ3n) is 1.46. The zero-order chi connectivity index (χ0) is 8.27. The van der Waals surface area contributed by atoms with Crippen molar-refractivity contribution in [2.24, 2.45) is 0 Å². The predicted molar refractivity (Wildman–Crippen MR) is 46.0 cm³/mol. The number of nitrogens with zero attached hydrogens (tertiary/aromatic N) is 2. The van der Waals surface area contributed by atoms with E-state index < -0.39 is 0 Å². The van der Waals surface area contributed by atoms with Crippen LogP contribution in [0.1, 0.15) is 18.2 Å². The largest absolute Gasteiger partial charge is 0.244 e. The Balaban J connectivity index is 3.23. The van der Waals surface area contributed by atoms with Crippen molar-refractivity contribution < 1.29 is 0 Å². The van der Waals surface area contributed by atoms with Crippen molar-refractivity contribution in [3.8, 4) is 6.07 Å². The summed E-state index contributed by atoms with van der Waals surface area (Å²) < 4.78 is 0.824. The molecule has 0 aliphatic heterocycles. The number of hydrogen-bond acceptors (Lipinski definition) is 2. The number of rotatable bonds is 1. The molecule has 1 aromatic heterocycles. The molecule has 1 aromatic rings. The van der Waals surface area contributed by atoms with Crippen LogP contribution in [0.2, 0.25) is 0 Å². The van der Waals surface area contributed by atoms with Crippen LogP contribution in [-0.4, -0.2) is 4.98 Å².